The molecule has 0 saturated heterocycles. The van der Waals surface area contributed by atoms with Gasteiger partial charge in [0, 0.05) is 5.69 Å². The molecule has 0 heterocycles. The van der Waals surface area contributed by atoms with E-state index in [4.69, 9.17) is 4.74 Å². The first-order valence-electron chi connectivity index (χ1n) is 7.18. The molecule has 0 aliphatic rings. The molecular weight excluding hydrogens is 419 g/mol. The van der Waals surface area contributed by atoms with Crippen LogP contribution in [0.5, 0.6) is 11.5 Å². The Morgan fingerprint density at radius 3 is 2.71 bits per heavy atom. The molecule has 2 N–H and O–H groups in total. The molecule has 0 spiro atoms. The van der Waals surface area contributed by atoms with Gasteiger partial charge in [0.05, 0.1) is 10.2 Å². The van der Waals surface area contributed by atoms with Crippen molar-refractivity contribution in [1.82, 2.24) is 0 Å². The number of nitriles is 1. The van der Waals surface area contributed by atoms with Gasteiger partial charge >= 0.3 is 0 Å². The van der Waals surface area contributed by atoms with Gasteiger partial charge in [0.25, 0.3) is 5.91 Å². The van der Waals surface area contributed by atoms with Crippen molar-refractivity contribution < 1.29 is 14.6 Å². The van der Waals surface area contributed by atoms with E-state index in [1.165, 1.54) is 6.08 Å². The molecule has 0 unspecified atom stereocenters. The first-order valence-corrected chi connectivity index (χ1v) is 8.26. The second-order valence-electron chi connectivity index (χ2n) is 4.77. The SMILES string of the molecule is CCOc1cc(/C=C(/C#N)C(=O)Nc2ccccc2)cc(I)c1O. The number of hydrogen-bond donors (Lipinski definition) is 2. The van der Waals surface area contributed by atoms with Crippen LogP contribution in [0.15, 0.2) is 48.0 Å². The van der Waals surface area contributed by atoms with E-state index in [2.05, 4.69) is 5.32 Å². The Morgan fingerprint density at radius 2 is 2.08 bits per heavy atom. The smallest absolute Gasteiger partial charge is 0.266 e. The molecule has 0 bridgehead atoms. The Hall–Kier alpha value is -2.53. The predicted molar refractivity (Wildman–Crippen MR) is 101 cm³/mol. The van der Waals surface area contributed by atoms with Crippen LogP contribution in [0.3, 0.4) is 0 Å². The highest BCUT2D eigenvalue weighted by Crippen LogP contribution is 2.33. The summed E-state index contributed by atoms with van der Waals surface area (Å²) in [7, 11) is 0. The number of aromatic hydroxyl groups is 1. The van der Waals surface area contributed by atoms with E-state index >= 15 is 0 Å². The van der Waals surface area contributed by atoms with Crippen LogP contribution in [0.2, 0.25) is 0 Å². The number of nitrogens with one attached hydrogen (secondary N) is 1. The minimum atomic E-state index is -0.496. The highest BCUT2D eigenvalue weighted by atomic mass is 127. The Labute approximate surface area is 153 Å². The lowest BCUT2D eigenvalue weighted by Crippen LogP contribution is -2.13. The Morgan fingerprint density at radius 1 is 1.38 bits per heavy atom. The molecule has 0 fully saturated rings. The Bertz CT molecular complexity index is 811. The summed E-state index contributed by atoms with van der Waals surface area (Å²) in [4.78, 5) is 12.2. The first kappa shape index (κ1) is 17.8. The monoisotopic (exact) mass is 434 g/mol. The van der Waals surface area contributed by atoms with E-state index in [0.717, 1.165) is 0 Å². The maximum absolute atomic E-state index is 12.2. The van der Waals surface area contributed by atoms with Crippen LogP contribution in [0, 0.1) is 14.9 Å². The van der Waals surface area contributed by atoms with Crippen molar-refractivity contribution >= 4 is 40.3 Å². The molecule has 0 aliphatic carbocycles. The van der Waals surface area contributed by atoms with Crippen LogP contribution in [-0.2, 0) is 4.79 Å². The Balaban J connectivity index is 2.30. The van der Waals surface area contributed by atoms with E-state index in [0.29, 0.717) is 27.2 Å². The number of hydrogen-bond acceptors (Lipinski definition) is 4. The van der Waals surface area contributed by atoms with Crippen molar-refractivity contribution in [2.24, 2.45) is 0 Å². The van der Waals surface area contributed by atoms with Crippen molar-refractivity contribution in [2.45, 2.75) is 6.92 Å². The lowest BCUT2D eigenvalue weighted by atomic mass is 10.1. The highest BCUT2D eigenvalue weighted by Gasteiger charge is 2.12. The van der Waals surface area contributed by atoms with Crippen LogP contribution in [0.1, 0.15) is 12.5 Å². The van der Waals surface area contributed by atoms with Gasteiger partial charge in [-0.1, -0.05) is 18.2 Å². The van der Waals surface area contributed by atoms with Gasteiger partial charge < -0.3 is 15.2 Å². The summed E-state index contributed by atoms with van der Waals surface area (Å²) in [5, 5.41) is 21.9. The first-order chi connectivity index (χ1) is 11.5. The zero-order valence-electron chi connectivity index (χ0n) is 12.9. The van der Waals surface area contributed by atoms with Crippen molar-refractivity contribution in [3.05, 3.63) is 57.2 Å². The van der Waals surface area contributed by atoms with Crippen molar-refractivity contribution in [1.29, 1.82) is 5.26 Å². The van der Waals surface area contributed by atoms with Crippen LogP contribution in [0.4, 0.5) is 5.69 Å². The molecule has 0 radical (unpaired) electrons. The minimum absolute atomic E-state index is 0.0391. The molecule has 24 heavy (non-hydrogen) atoms. The number of halogens is 1. The third-order valence-corrected chi connectivity index (χ3v) is 3.88. The minimum Gasteiger partial charge on any atom is -0.504 e. The van der Waals surface area contributed by atoms with Gasteiger partial charge in [-0.05, 0) is 65.4 Å². The molecule has 122 valence electrons. The number of nitrogens with zero attached hydrogens (tertiary/aromatic N) is 1. The third kappa shape index (κ3) is 4.49. The number of anilines is 1. The number of carbonyl (C=O) groups excluding carboxylic acids is 1. The lowest BCUT2D eigenvalue weighted by Gasteiger charge is -2.09. The molecule has 0 atom stereocenters. The summed E-state index contributed by atoms with van der Waals surface area (Å²) in [5.74, 6) is -0.136. The van der Waals surface area contributed by atoms with E-state index < -0.39 is 5.91 Å². The molecule has 2 aromatic rings. The normalized spacial score (nSPS) is 10.8. The van der Waals surface area contributed by atoms with E-state index in [-0.39, 0.29) is 11.3 Å². The summed E-state index contributed by atoms with van der Waals surface area (Å²) in [6, 6.07) is 14.1. The van der Waals surface area contributed by atoms with Crippen LogP contribution >= 0.6 is 22.6 Å². The topological polar surface area (TPSA) is 82.3 Å². The average molecular weight is 434 g/mol. The summed E-state index contributed by atoms with van der Waals surface area (Å²) < 4.78 is 5.94. The van der Waals surface area contributed by atoms with Gasteiger partial charge in [0.2, 0.25) is 0 Å². The lowest BCUT2D eigenvalue weighted by molar-refractivity contribution is -0.112. The summed E-state index contributed by atoms with van der Waals surface area (Å²) in [5.41, 5.74) is 1.17. The molecule has 0 aliphatic heterocycles. The van der Waals surface area contributed by atoms with Gasteiger partial charge in [-0.2, -0.15) is 5.26 Å². The second kappa shape index (κ2) is 8.36. The fraction of sp³-hybridized carbons (Fsp3) is 0.111. The standard InChI is InChI=1S/C18H15IN2O3/c1-2-24-16-10-12(9-15(19)17(16)22)8-13(11-20)18(23)21-14-6-4-3-5-7-14/h3-10,22H,2H2,1H3,(H,21,23)/b13-8-. The van der Waals surface area contributed by atoms with Crippen LogP contribution in [-0.4, -0.2) is 17.6 Å². The van der Waals surface area contributed by atoms with Gasteiger partial charge in [-0.3, -0.25) is 4.79 Å². The Kier molecular flexibility index (Phi) is 6.21. The number of carbonyl (C=O) groups is 1. The third-order valence-electron chi connectivity index (χ3n) is 3.06. The quantitative estimate of drug-likeness (QED) is 0.425. The van der Waals surface area contributed by atoms with E-state index in [9.17, 15) is 15.2 Å². The number of ether oxygens (including phenoxy) is 1. The van der Waals surface area contributed by atoms with Crippen molar-refractivity contribution in [3.63, 3.8) is 0 Å². The molecule has 2 rings (SSSR count). The zero-order chi connectivity index (χ0) is 17.5. The van der Waals surface area contributed by atoms with Crippen molar-refractivity contribution in [2.75, 3.05) is 11.9 Å². The van der Waals surface area contributed by atoms with Crippen LogP contribution < -0.4 is 10.1 Å². The van der Waals surface area contributed by atoms with Gasteiger partial charge in [-0.25, -0.2) is 0 Å². The summed E-state index contributed by atoms with van der Waals surface area (Å²) >= 11 is 1.97. The van der Waals surface area contributed by atoms with Gasteiger partial charge in [-0.15, -0.1) is 0 Å². The van der Waals surface area contributed by atoms with E-state index in [1.807, 2.05) is 41.7 Å². The van der Waals surface area contributed by atoms with Crippen LogP contribution in [0.25, 0.3) is 6.08 Å². The second-order valence-corrected chi connectivity index (χ2v) is 5.93. The molecular formula is C18H15IN2O3. The number of rotatable bonds is 5. The maximum Gasteiger partial charge on any atom is 0.266 e. The largest absolute Gasteiger partial charge is 0.504 e. The fourth-order valence-corrected chi connectivity index (χ4v) is 2.60. The van der Waals surface area contributed by atoms with Gasteiger partial charge in [0.15, 0.2) is 11.5 Å². The maximum atomic E-state index is 12.2. The number of phenols is 1. The predicted octanol–water partition coefficient (Wildman–Crippen LogP) is 3.94. The van der Waals surface area contributed by atoms with Crippen molar-refractivity contribution in [3.8, 4) is 17.6 Å². The molecule has 1 amide bonds. The number of benzene rings is 2. The zero-order valence-corrected chi connectivity index (χ0v) is 15.1. The summed E-state index contributed by atoms with van der Waals surface area (Å²) in [6.45, 7) is 2.21. The molecule has 2 aromatic carbocycles. The number of para-hydroxylation sites is 1. The number of phenolic OH excluding ortho intramolecular Hbond substituents is 1. The van der Waals surface area contributed by atoms with E-state index in [1.54, 1.807) is 36.4 Å². The molecule has 0 saturated carbocycles. The molecule has 5 nitrogen and oxygen atoms in total. The van der Waals surface area contributed by atoms with Gasteiger partial charge in [0.1, 0.15) is 11.6 Å². The molecule has 0 aromatic heterocycles. The molecule has 6 heteroatoms. The fourth-order valence-electron chi connectivity index (χ4n) is 1.98. The highest BCUT2D eigenvalue weighted by molar-refractivity contribution is 14.1. The average Bonchev–Trinajstić information content (AvgIpc) is 2.58. The number of amides is 1. The summed E-state index contributed by atoms with van der Waals surface area (Å²) in [6.07, 6.45) is 1.46.